The third-order valence-electron chi connectivity index (χ3n) is 4.46. The second kappa shape index (κ2) is 11.4. The second-order valence-electron chi connectivity index (χ2n) is 8.37. The Kier molecular flexibility index (Phi) is 9.13. The van der Waals surface area contributed by atoms with Crippen LogP contribution < -0.4 is 24.2 Å². The highest BCUT2D eigenvalue weighted by atomic mass is 32.2. The molecule has 2 rings (SSSR count). The quantitative estimate of drug-likeness (QED) is 0.512. The summed E-state index contributed by atoms with van der Waals surface area (Å²) in [4.78, 5) is 12.6. The van der Waals surface area contributed by atoms with Crippen molar-refractivity contribution < 1.29 is 27.4 Å². The van der Waals surface area contributed by atoms with Crippen LogP contribution in [0.3, 0.4) is 0 Å². The first-order valence-electron chi connectivity index (χ1n) is 10.9. The molecule has 0 aliphatic rings. The number of benzene rings is 2. The molecule has 2 aromatic carbocycles. The fourth-order valence-corrected chi connectivity index (χ4v) is 4.77. The Hall–Kier alpha value is -2.78. The molecule has 1 amide bonds. The monoisotopic (exact) mass is 478 g/mol. The van der Waals surface area contributed by atoms with Gasteiger partial charge < -0.3 is 19.5 Å². The predicted molar refractivity (Wildman–Crippen MR) is 128 cm³/mol. The standard InChI is InChI=1S/C24H34N2O6S/c1-7-31-19-11-9-17(15-21(19)32-8-2)13-14-25-23(27)18-10-12-20(30-6)22(16-18)33(28,29)26-24(3,4)5/h9-12,15-16,26H,7-8,13-14H2,1-6H3,(H,25,27). The Balaban J connectivity index is 2.12. The van der Waals surface area contributed by atoms with Crippen LogP contribution in [-0.2, 0) is 16.4 Å². The van der Waals surface area contributed by atoms with Crippen molar-refractivity contribution >= 4 is 15.9 Å². The van der Waals surface area contributed by atoms with Crippen LogP contribution in [0.15, 0.2) is 41.3 Å². The van der Waals surface area contributed by atoms with E-state index in [-0.39, 0.29) is 22.1 Å². The fraction of sp³-hybridized carbons (Fsp3) is 0.458. The molecule has 0 spiro atoms. The molecule has 0 unspecified atom stereocenters. The van der Waals surface area contributed by atoms with Crippen LogP contribution in [-0.4, -0.2) is 46.7 Å². The van der Waals surface area contributed by atoms with E-state index in [0.29, 0.717) is 37.7 Å². The molecule has 0 aromatic heterocycles. The van der Waals surface area contributed by atoms with Crippen molar-refractivity contribution in [3.8, 4) is 17.2 Å². The molecule has 9 heteroatoms. The minimum absolute atomic E-state index is 0.0829. The molecule has 33 heavy (non-hydrogen) atoms. The Morgan fingerprint density at radius 2 is 1.58 bits per heavy atom. The predicted octanol–water partition coefficient (Wildman–Crippen LogP) is 3.54. The third-order valence-corrected chi connectivity index (χ3v) is 6.24. The largest absolute Gasteiger partial charge is 0.495 e. The van der Waals surface area contributed by atoms with Gasteiger partial charge >= 0.3 is 0 Å². The number of nitrogens with one attached hydrogen (secondary N) is 2. The highest BCUT2D eigenvalue weighted by Crippen LogP contribution is 2.29. The average Bonchev–Trinajstić information content (AvgIpc) is 2.73. The second-order valence-corrected chi connectivity index (χ2v) is 10.0. The summed E-state index contributed by atoms with van der Waals surface area (Å²) in [6, 6.07) is 10.0. The van der Waals surface area contributed by atoms with Crippen LogP contribution in [0.25, 0.3) is 0 Å². The first-order chi connectivity index (χ1) is 15.5. The van der Waals surface area contributed by atoms with Gasteiger partial charge in [-0.15, -0.1) is 0 Å². The Morgan fingerprint density at radius 1 is 0.939 bits per heavy atom. The van der Waals surface area contributed by atoms with Gasteiger partial charge in [0, 0.05) is 17.6 Å². The van der Waals surface area contributed by atoms with E-state index in [1.54, 1.807) is 20.8 Å². The molecular weight excluding hydrogens is 444 g/mol. The van der Waals surface area contributed by atoms with Gasteiger partial charge in [0.1, 0.15) is 10.6 Å². The maximum Gasteiger partial charge on any atom is 0.251 e. The minimum Gasteiger partial charge on any atom is -0.495 e. The molecule has 182 valence electrons. The van der Waals surface area contributed by atoms with Crippen molar-refractivity contribution in [2.24, 2.45) is 0 Å². The SMILES string of the molecule is CCOc1ccc(CCNC(=O)c2ccc(OC)c(S(=O)(=O)NC(C)(C)C)c2)cc1OCC. The van der Waals surface area contributed by atoms with Gasteiger partial charge in [-0.05, 0) is 76.9 Å². The lowest BCUT2D eigenvalue weighted by molar-refractivity contribution is 0.0954. The molecule has 2 N–H and O–H groups in total. The summed E-state index contributed by atoms with van der Waals surface area (Å²) in [6.45, 7) is 10.5. The van der Waals surface area contributed by atoms with Gasteiger partial charge in [-0.25, -0.2) is 13.1 Å². The van der Waals surface area contributed by atoms with E-state index in [4.69, 9.17) is 14.2 Å². The zero-order valence-electron chi connectivity index (χ0n) is 20.2. The van der Waals surface area contributed by atoms with Crippen LogP contribution in [0.4, 0.5) is 0 Å². The van der Waals surface area contributed by atoms with Gasteiger partial charge in [-0.3, -0.25) is 4.79 Å². The van der Waals surface area contributed by atoms with Gasteiger partial charge in [0.2, 0.25) is 10.0 Å². The van der Waals surface area contributed by atoms with Crippen molar-refractivity contribution in [2.45, 2.75) is 51.5 Å². The number of rotatable bonds is 11. The Morgan fingerprint density at radius 3 is 2.18 bits per heavy atom. The van der Waals surface area contributed by atoms with E-state index < -0.39 is 15.6 Å². The van der Waals surface area contributed by atoms with Crippen LogP contribution in [0.1, 0.15) is 50.5 Å². The minimum atomic E-state index is -3.88. The summed E-state index contributed by atoms with van der Waals surface area (Å²) in [5.74, 6) is 1.14. The summed E-state index contributed by atoms with van der Waals surface area (Å²) in [7, 11) is -2.49. The molecule has 0 saturated carbocycles. The van der Waals surface area contributed by atoms with E-state index >= 15 is 0 Å². The maximum absolute atomic E-state index is 12.8. The van der Waals surface area contributed by atoms with Gasteiger partial charge in [0.25, 0.3) is 5.91 Å². The summed E-state index contributed by atoms with van der Waals surface area (Å²) >= 11 is 0. The number of carbonyl (C=O) groups is 1. The number of hydrogen-bond acceptors (Lipinski definition) is 6. The summed E-state index contributed by atoms with van der Waals surface area (Å²) in [5.41, 5.74) is 0.529. The summed E-state index contributed by atoms with van der Waals surface area (Å²) in [6.07, 6.45) is 0.575. The van der Waals surface area contributed by atoms with E-state index in [1.165, 1.54) is 25.3 Å². The third kappa shape index (κ3) is 7.64. The van der Waals surface area contributed by atoms with E-state index in [2.05, 4.69) is 10.0 Å². The Bertz CT molecular complexity index is 1060. The molecular formula is C24H34N2O6S. The van der Waals surface area contributed by atoms with Crippen molar-refractivity contribution in [3.63, 3.8) is 0 Å². The number of carbonyl (C=O) groups excluding carboxylic acids is 1. The number of hydrogen-bond donors (Lipinski definition) is 2. The van der Waals surface area contributed by atoms with Gasteiger partial charge in [0.15, 0.2) is 11.5 Å². The van der Waals surface area contributed by atoms with Gasteiger partial charge in [-0.2, -0.15) is 0 Å². The zero-order valence-corrected chi connectivity index (χ0v) is 21.0. The van der Waals surface area contributed by atoms with E-state index in [0.717, 1.165) is 5.56 Å². The molecule has 0 atom stereocenters. The van der Waals surface area contributed by atoms with Crippen LogP contribution >= 0.6 is 0 Å². The molecule has 0 aliphatic heterocycles. The lowest BCUT2D eigenvalue weighted by atomic mass is 10.1. The summed E-state index contributed by atoms with van der Waals surface area (Å²) in [5, 5.41) is 2.84. The van der Waals surface area contributed by atoms with Crippen molar-refractivity contribution in [2.75, 3.05) is 26.9 Å². The number of methoxy groups -OCH3 is 1. The topological polar surface area (TPSA) is 103 Å². The zero-order chi connectivity index (χ0) is 24.6. The van der Waals surface area contributed by atoms with Crippen molar-refractivity contribution in [1.29, 1.82) is 0 Å². The van der Waals surface area contributed by atoms with E-state index in [9.17, 15) is 13.2 Å². The number of sulfonamides is 1. The molecule has 8 nitrogen and oxygen atoms in total. The number of amides is 1. The van der Waals surface area contributed by atoms with Crippen LogP contribution in [0.2, 0.25) is 0 Å². The molecule has 0 radical (unpaired) electrons. The normalized spacial score (nSPS) is 11.7. The molecule has 0 saturated heterocycles. The fourth-order valence-electron chi connectivity index (χ4n) is 3.16. The highest BCUT2D eigenvalue weighted by molar-refractivity contribution is 7.89. The molecule has 0 heterocycles. The van der Waals surface area contributed by atoms with Gasteiger partial charge in [0.05, 0.1) is 20.3 Å². The Labute approximate surface area is 196 Å². The van der Waals surface area contributed by atoms with Crippen LogP contribution in [0, 0.1) is 0 Å². The van der Waals surface area contributed by atoms with Crippen molar-refractivity contribution in [1.82, 2.24) is 10.0 Å². The highest BCUT2D eigenvalue weighted by Gasteiger charge is 2.26. The van der Waals surface area contributed by atoms with Gasteiger partial charge in [-0.1, -0.05) is 6.07 Å². The molecule has 2 aromatic rings. The summed E-state index contributed by atoms with van der Waals surface area (Å²) < 4.78 is 44.6. The first-order valence-corrected chi connectivity index (χ1v) is 12.4. The molecule has 0 bridgehead atoms. The average molecular weight is 479 g/mol. The lowest BCUT2D eigenvalue weighted by Crippen LogP contribution is -2.40. The van der Waals surface area contributed by atoms with E-state index in [1.807, 2.05) is 32.0 Å². The van der Waals surface area contributed by atoms with Crippen molar-refractivity contribution in [3.05, 3.63) is 47.5 Å². The smallest absolute Gasteiger partial charge is 0.251 e. The number of ether oxygens (including phenoxy) is 3. The van der Waals surface area contributed by atoms with Crippen LogP contribution in [0.5, 0.6) is 17.2 Å². The maximum atomic E-state index is 12.8. The lowest BCUT2D eigenvalue weighted by Gasteiger charge is -2.21. The molecule has 0 fully saturated rings. The molecule has 0 aliphatic carbocycles. The first kappa shape index (κ1) is 26.5.